The van der Waals surface area contributed by atoms with Gasteiger partial charge in [-0.3, -0.25) is 4.99 Å². The maximum atomic E-state index is 5.24. The summed E-state index contributed by atoms with van der Waals surface area (Å²) in [7, 11) is 0. The van der Waals surface area contributed by atoms with E-state index in [-0.39, 0.29) is 30.0 Å². The minimum atomic E-state index is 0. The van der Waals surface area contributed by atoms with Crippen molar-refractivity contribution < 1.29 is 4.52 Å². The fourth-order valence-electron chi connectivity index (χ4n) is 3.71. The highest BCUT2D eigenvalue weighted by Gasteiger charge is 2.15. The van der Waals surface area contributed by atoms with Gasteiger partial charge >= 0.3 is 0 Å². The molecule has 0 bridgehead atoms. The normalized spacial score (nSPS) is 15.2. The summed E-state index contributed by atoms with van der Waals surface area (Å²) >= 11 is 0. The standard InChI is InChI=1S/C22H33N5O.HI/c1-5-23-22(24-12-11-21-17(3)26-28-18(21)4)25-16(2)19-9-8-10-20(15-19)27-13-6-7-14-27;/h8-10,15-16H,5-7,11-14H2,1-4H3,(H2,23,24,25);1H. The molecular weight excluding hydrogens is 477 g/mol. The lowest BCUT2D eigenvalue weighted by Crippen LogP contribution is -2.39. The summed E-state index contributed by atoms with van der Waals surface area (Å²) in [6.45, 7) is 12.1. The van der Waals surface area contributed by atoms with Gasteiger partial charge in [-0.2, -0.15) is 0 Å². The highest BCUT2D eigenvalue weighted by atomic mass is 127. The van der Waals surface area contributed by atoms with Crippen LogP contribution in [-0.2, 0) is 6.42 Å². The molecule has 1 fully saturated rings. The van der Waals surface area contributed by atoms with Crippen LogP contribution in [0.4, 0.5) is 5.69 Å². The number of nitrogens with one attached hydrogen (secondary N) is 2. The molecule has 1 aromatic heterocycles. The van der Waals surface area contributed by atoms with E-state index in [1.165, 1.54) is 24.1 Å². The van der Waals surface area contributed by atoms with Crippen LogP contribution in [0.2, 0.25) is 0 Å². The van der Waals surface area contributed by atoms with Crippen LogP contribution in [0.25, 0.3) is 0 Å². The number of benzene rings is 1. The van der Waals surface area contributed by atoms with E-state index in [1.807, 2.05) is 13.8 Å². The minimum Gasteiger partial charge on any atom is -0.372 e. The molecule has 0 saturated carbocycles. The number of aromatic nitrogens is 1. The third-order valence-electron chi connectivity index (χ3n) is 5.35. The Morgan fingerprint density at radius 3 is 2.69 bits per heavy atom. The lowest BCUT2D eigenvalue weighted by Gasteiger charge is -2.22. The first-order valence-electron chi connectivity index (χ1n) is 10.4. The van der Waals surface area contributed by atoms with Gasteiger partial charge in [0.05, 0.1) is 11.7 Å². The monoisotopic (exact) mass is 511 g/mol. The van der Waals surface area contributed by atoms with E-state index in [2.05, 4.69) is 58.8 Å². The summed E-state index contributed by atoms with van der Waals surface area (Å²) in [6, 6.07) is 9.04. The van der Waals surface area contributed by atoms with Gasteiger partial charge in [0.2, 0.25) is 0 Å². The fraction of sp³-hybridized carbons (Fsp3) is 0.545. The number of aliphatic imine (C=N–C) groups is 1. The largest absolute Gasteiger partial charge is 0.372 e. The van der Waals surface area contributed by atoms with Gasteiger partial charge in [-0.05, 0) is 64.7 Å². The molecule has 1 aliphatic heterocycles. The van der Waals surface area contributed by atoms with Crippen LogP contribution in [0.3, 0.4) is 0 Å². The SMILES string of the molecule is CCNC(=NCCc1c(C)noc1C)NC(C)c1cccc(N2CCCC2)c1.I. The van der Waals surface area contributed by atoms with Crippen LogP contribution in [0, 0.1) is 13.8 Å². The molecule has 0 radical (unpaired) electrons. The molecular formula is C22H34IN5O. The van der Waals surface area contributed by atoms with Crippen molar-refractivity contribution in [1.29, 1.82) is 0 Å². The van der Waals surface area contributed by atoms with E-state index in [9.17, 15) is 0 Å². The molecule has 1 atom stereocenters. The highest BCUT2D eigenvalue weighted by molar-refractivity contribution is 14.0. The van der Waals surface area contributed by atoms with Crippen molar-refractivity contribution in [1.82, 2.24) is 15.8 Å². The van der Waals surface area contributed by atoms with Crippen LogP contribution in [0.15, 0.2) is 33.8 Å². The summed E-state index contributed by atoms with van der Waals surface area (Å²) in [5.74, 6) is 1.73. The molecule has 3 rings (SSSR count). The Labute approximate surface area is 191 Å². The van der Waals surface area contributed by atoms with Crippen molar-refractivity contribution in [2.24, 2.45) is 4.99 Å². The second-order valence-electron chi connectivity index (χ2n) is 7.47. The van der Waals surface area contributed by atoms with Gasteiger partial charge in [0.1, 0.15) is 5.76 Å². The summed E-state index contributed by atoms with van der Waals surface area (Å²) in [5, 5.41) is 10.9. The number of anilines is 1. The van der Waals surface area contributed by atoms with Crippen LogP contribution in [0.5, 0.6) is 0 Å². The minimum absolute atomic E-state index is 0. The van der Waals surface area contributed by atoms with Gasteiger partial charge in [-0.25, -0.2) is 0 Å². The molecule has 1 aliphatic rings. The van der Waals surface area contributed by atoms with Crippen molar-refractivity contribution in [3.05, 3.63) is 46.8 Å². The molecule has 2 N–H and O–H groups in total. The van der Waals surface area contributed by atoms with Gasteiger partial charge in [0, 0.05) is 37.4 Å². The van der Waals surface area contributed by atoms with E-state index in [4.69, 9.17) is 9.52 Å². The molecule has 7 heteroatoms. The van der Waals surface area contributed by atoms with Gasteiger partial charge in [-0.1, -0.05) is 17.3 Å². The van der Waals surface area contributed by atoms with E-state index >= 15 is 0 Å². The Balaban J connectivity index is 0.00000300. The van der Waals surface area contributed by atoms with E-state index in [0.717, 1.165) is 49.0 Å². The van der Waals surface area contributed by atoms with Gasteiger partial charge in [0.15, 0.2) is 5.96 Å². The lowest BCUT2D eigenvalue weighted by atomic mass is 10.1. The zero-order valence-electron chi connectivity index (χ0n) is 18.0. The average Bonchev–Trinajstić information content (AvgIpc) is 3.34. The second-order valence-corrected chi connectivity index (χ2v) is 7.47. The first-order chi connectivity index (χ1) is 13.6. The molecule has 2 aromatic rings. The third-order valence-corrected chi connectivity index (χ3v) is 5.35. The molecule has 29 heavy (non-hydrogen) atoms. The quantitative estimate of drug-likeness (QED) is 0.329. The first-order valence-corrected chi connectivity index (χ1v) is 10.4. The van der Waals surface area contributed by atoms with Crippen LogP contribution in [-0.4, -0.2) is 37.3 Å². The number of hydrogen-bond acceptors (Lipinski definition) is 4. The average molecular weight is 511 g/mol. The summed E-state index contributed by atoms with van der Waals surface area (Å²) in [5.41, 5.74) is 4.72. The fourth-order valence-corrected chi connectivity index (χ4v) is 3.71. The number of hydrogen-bond donors (Lipinski definition) is 2. The molecule has 0 amide bonds. The van der Waals surface area contributed by atoms with E-state index in [0.29, 0.717) is 6.54 Å². The maximum Gasteiger partial charge on any atom is 0.191 e. The van der Waals surface area contributed by atoms with Crippen LogP contribution < -0.4 is 15.5 Å². The summed E-state index contributed by atoms with van der Waals surface area (Å²) < 4.78 is 5.24. The summed E-state index contributed by atoms with van der Waals surface area (Å²) in [6.07, 6.45) is 3.41. The Morgan fingerprint density at radius 2 is 2.03 bits per heavy atom. The molecule has 1 aromatic carbocycles. The molecule has 0 aliphatic carbocycles. The van der Waals surface area contributed by atoms with Crippen molar-refractivity contribution in [2.45, 2.75) is 53.0 Å². The number of nitrogens with zero attached hydrogens (tertiary/aromatic N) is 3. The van der Waals surface area contributed by atoms with Crippen molar-refractivity contribution >= 4 is 35.6 Å². The first kappa shape index (κ1) is 23.5. The lowest BCUT2D eigenvalue weighted by molar-refractivity contribution is 0.392. The Morgan fingerprint density at radius 1 is 1.28 bits per heavy atom. The van der Waals surface area contributed by atoms with Crippen molar-refractivity contribution in [3.63, 3.8) is 0 Å². The Hall–Kier alpha value is -1.77. The topological polar surface area (TPSA) is 65.7 Å². The predicted molar refractivity (Wildman–Crippen MR) is 131 cm³/mol. The molecule has 0 spiro atoms. The predicted octanol–water partition coefficient (Wildman–Crippen LogP) is 4.37. The maximum absolute atomic E-state index is 5.24. The molecule has 1 unspecified atom stereocenters. The zero-order chi connectivity index (χ0) is 19.9. The zero-order valence-corrected chi connectivity index (χ0v) is 20.3. The number of rotatable bonds is 7. The molecule has 1 saturated heterocycles. The number of guanidine groups is 1. The highest BCUT2D eigenvalue weighted by Crippen LogP contribution is 2.24. The second kappa shape index (κ2) is 11.4. The number of halogens is 1. The van der Waals surface area contributed by atoms with E-state index < -0.39 is 0 Å². The smallest absolute Gasteiger partial charge is 0.191 e. The molecule has 6 nitrogen and oxygen atoms in total. The van der Waals surface area contributed by atoms with Crippen molar-refractivity contribution in [3.8, 4) is 0 Å². The van der Waals surface area contributed by atoms with Gasteiger partial charge < -0.3 is 20.1 Å². The summed E-state index contributed by atoms with van der Waals surface area (Å²) in [4.78, 5) is 7.22. The van der Waals surface area contributed by atoms with Crippen LogP contribution in [0.1, 0.15) is 55.3 Å². The van der Waals surface area contributed by atoms with Crippen LogP contribution >= 0.6 is 24.0 Å². The Bertz CT molecular complexity index is 779. The number of aryl methyl sites for hydroxylation is 2. The molecule has 160 valence electrons. The van der Waals surface area contributed by atoms with Crippen molar-refractivity contribution in [2.75, 3.05) is 31.1 Å². The Kier molecular flexibility index (Phi) is 9.26. The third kappa shape index (κ3) is 6.35. The molecule has 2 heterocycles. The van der Waals surface area contributed by atoms with Gasteiger partial charge in [-0.15, -0.1) is 24.0 Å². The van der Waals surface area contributed by atoms with E-state index in [1.54, 1.807) is 0 Å². The van der Waals surface area contributed by atoms with Gasteiger partial charge in [0.25, 0.3) is 0 Å².